The maximum atomic E-state index is 12.6. The monoisotopic (exact) mass is 369 g/mol. The first-order valence-corrected chi connectivity index (χ1v) is 9.93. The van der Waals surface area contributed by atoms with Crippen LogP contribution in [-0.2, 0) is 22.4 Å². The van der Waals surface area contributed by atoms with E-state index in [4.69, 9.17) is 0 Å². The van der Waals surface area contributed by atoms with Gasteiger partial charge in [-0.25, -0.2) is 4.79 Å². The van der Waals surface area contributed by atoms with E-state index in [9.17, 15) is 14.4 Å². The molecule has 6 nitrogen and oxygen atoms in total. The van der Waals surface area contributed by atoms with Crippen molar-refractivity contribution in [3.8, 4) is 0 Å². The Labute approximate surface area is 159 Å². The van der Waals surface area contributed by atoms with E-state index in [2.05, 4.69) is 28.8 Å². The average Bonchev–Trinajstić information content (AvgIpc) is 3.47. The van der Waals surface area contributed by atoms with E-state index in [-0.39, 0.29) is 30.3 Å². The van der Waals surface area contributed by atoms with E-state index < -0.39 is 11.6 Å². The van der Waals surface area contributed by atoms with Gasteiger partial charge in [-0.15, -0.1) is 0 Å². The second-order valence-electron chi connectivity index (χ2n) is 8.32. The second-order valence-corrected chi connectivity index (χ2v) is 8.32. The summed E-state index contributed by atoms with van der Waals surface area (Å²) in [6, 6.07) is 5.77. The Balaban J connectivity index is 1.39. The quantitative estimate of drug-likeness (QED) is 0.783. The molecule has 4 rings (SSSR count). The number of hydrogen-bond acceptors (Lipinski definition) is 3. The predicted octanol–water partition coefficient (Wildman–Crippen LogP) is 2.46. The van der Waals surface area contributed by atoms with Crippen LogP contribution in [0.2, 0.25) is 0 Å². The van der Waals surface area contributed by atoms with E-state index >= 15 is 0 Å². The van der Waals surface area contributed by atoms with Crippen molar-refractivity contribution in [2.45, 2.75) is 64.0 Å². The highest BCUT2D eigenvalue weighted by molar-refractivity contribution is 6.09. The van der Waals surface area contributed by atoms with Gasteiger partial charge in [0.05, 0.1) is 6.04 Å². The highest BCUT2D eigenvalue weighted by Crippen LogP contribution is 2.42. The Morgan fingerprint density at radius 3 is 2.67 bits per heavy atom. The summed E-state index contributed by atoms with van der Waals surface area (Å²) in [6.07, 6.45) is 6.55. The van der Waals surface area contributed by atoms with Crippen LogP contribution in [0.4, 0.5) is 4.79 Å². The number of nitrogens with one attached hydrogen (secondary N) is 2. The summed E-state index contributed by atoms with van der Waals surface area (Å²) in [5.41, 5.74) is 2.99. The molecule has 144 valence electrons. The van der Waals surface area contributed by atoms with Gasteiger partial charge in [-0.1, -0.05) is 18.2 Å². The molecule has 1 aromatic carbocycles. The van der Waals surface area contributed by atoms with Gasteiger partial charge in [0.2, 0.25) is 5.91 Å². The third-order valence-corrected chi connectivity index (χ3v) is 6.25. The largest absolute Gasteiger partial charge is 0.348 e. The summed E-state index contributed by atoms with van der Waals surface area (Å²) >= 11 is 0. The maximum Gasteiger partial charge on any atom is 0.325 e. The highest BCUT2D eigenvalue weighted by Gasteiger charge is 2.56. The van der Waals surface area contributed by atoms with Gasteiger partial charge in [0, 0.05) is 0 Å². The number of fused-ring (bicyclic) bond motifs is 1. The third kappa shape index (κ3) is 3.33. The zero-order valence-electron chi connectivity index (χ0n) is 16.0. The number of nitrogens with zero attached hydrogens (tertiary/aromatic N) is 1. The molecule has 0 radical (unpaired) electrons. The first-order chi connectivity index (χ1) is 12.9. The highest BCUT2D eigenvalue weighted by atomic mass is 16.2. The summed E-state index contributed by atoms with van der Waals surface area (Å²) in [4.78, 5) is 38.4. The van der Waals surface area contributed by atoms with Crippen LogP contribution in [0.5, 0.6) is 0 Å². The molecule has 1 saturated carbocycles. The summed E-state index contributed by atoms with van der Waals surface area (Å²) in [5, 5.41) is 5.70. The molecule has 1 aliphatic heterocycles. The summed E-state index contributed by atoms with van der Waals surface area (Å²) in [7, 11) is 0. The van der Waals surface area contributed by atoms with Gasteiger partial charge in [-0.05, 0) is 75.0 Å². The number of imide groups is 1. The van der Waals surface area contributed by atoms with E-state index in [1.807, 2.05) is 6.92 Å². The Kier molecular flexibility index (Phi) is 4.44. The lowest BCUT2D eigenvalue weighted by atomic mass is 9.89. The molecular weight excluding hydrogens is 342 g/mol. The fourth-order valence-electron chi connectivity index (χ4n) is 4.33. The lowest BCUT2D eigenvalue weighted by molar-refractivity contribution is -0.135. The van der Waals surface area contributed by atoms with E-state index in [0.717, 1.165) is 36.1 Å². The van der Waals surface area contributed by atoms with Gasteiger partial charge in [-0.3, -0.25) is 14.5 Å². The molecule has 2 aliphatic carbocycles. The molecule has 2 fully saturated rings. The number of carbonyl (C=O) groups is 3. The van der Waals surface area contributed by atoms with Gasteiger partial charge < -0.3 is 10.6 Å². The van der Waals surface area contributed by atoms with Crippen LogP contribution in [0.3, 0.4) is 0 Å². The fraction of sp³-hybridized carbons (Fsp3) is 0.571. The number of urea groups is 1. The zero-order valence-corrected chi connectivity index (χ0v) is 16.0. The van der Waals surface area contributed by atoms with E-state index in [1.54, 1.807) is 6.92 Å². The summed E-state index contributed by atoms with van der Waals surface area (Å²) in [5.74, 6) is -0.410. The second kappa shape index (κ2) is 6.66. The fourth-order valence-corrected chi connectivity index (χ4v) is 4.33. The molecule has 1 saturated heterocycles. The molecule has 4 amide bonds. The number of hydrogen-bond donors (Lipinski definition) is 2. The molecule has 1 aromatic rings. The van der Waals surface area contributed by atoms with E-state index in [1.165, 1.54) is 24.0 Å². The van der Waals surface area contributed by atoms with Gasteiger partial charge >= 0.3 is 6.03 Å². The Hall–Kier alpha value is -2.37. The molecule has 1 heterocycles. The minimum Gasteiger partial charge on any atom is -0.348 e. The molecule has 2 unspecified atom stereocenters. The van der Waals surface area contributed by atoms with Crippen LogP contribution in [0.1, 0.15) is 62.3 Å². The zero-order chi connectivity index (χ0) is 19.2. The molecule has 0 aromatic heterocycles. The molecule has 3 aliphatic rings. The van der Waals surface area contributed by atoms with Crippen LogP contribution < -0.4 is 10.6 Å². The lowest BCUT2D eigenvalue weighted by Gasteiger charge is -2.22. The van der Waals surface area contributed by atoms with Crippen molar-refractivity contribution in [3.63, 3.8) is 0 Å². The minimum absolute atomic E-state index is 0.166. The summed E-state index contributed by atoms with van der Waals surface area (Å²) in [6.45, 7) is 3.46. The van der Waals surface area contributed by atoms with Crippen LogP contribution >= 0.6 is 0 Å². The van der Waals surface area contributed by atoms with Crippen molar-refractivity contribution in [1.82, 2.24) is 15.5 Å². The minimum atomic E-state index is -0.846. The van der Waals surface area contributed by atoms with E-state index in [0.29, 0.717) is 0 Å². The molecule has 0 spiro atoms. The molecule has 2 N–H and O–H groups in total. The van der Waals surface area contributed by atoms with Gasteiger partial charge in [0.15, 0.2) is 0 Å². The summed E-state index contributed by atoms with van der Waals surface area (Å²) < 4.78 is 0. The standard InChI is InChI=1S/C21H27N3O3/c1-13(15-8-7-14-5-3-4-6-16(14)11-15)22-18(25)12-24-19(26)21(2,17-9-10-17)23-20(24)27/h7-8,11,13,17H,3-6,9-10,12H2,1-2H3,(H,22,25)(H,23,27). The van der Waals surface area contributed by atoms with Crippen molar-refractivity contribution >= 4 is 17.8 Å². The van der Waals surface area contributed by atoms with Crippen molar-refractivity contribution in [1.29, 1.82) is 0 Å². The van der Waals surface area contributed by atoms with Gasteiger partial charge in [0.25, 0.3) is 5.91 Å². The van der Waals surface area contributed by atoms with Crippen LogP contribution in [0.25, 0.3) is 0 Å². The Bertz CT molecular complexity index is 802. The van der Waals surface area contributed by atoms with Crippen LogP contribution in [0.15, 0.2) is 18.2 Å². The third-order valence-electron chi connectivity index (χ3n) is 6.25. The van der Waals surface area contributed by atoms with Crippen molar-refractivity contribution in [2.75, 3.05) is 6.54 Å². The van der Waals surface area contributed by atoms with Crippen LogP contribution in [0, 0.1) is 5.92 Å². The Morgan fingerprint density at radius 1 is 1.26 bits per heavy atom. The first kappa shape index (κ1) is 18.0. The maximum absolute atomic E-state index is 12.6. The smallest absolute Gasteiger partial charge is 0.325 e. The number of benzene rings is 1. The molecular formula is C21H27N3O3. The number of aryl methyl sites for hydroxylation is 2. The number of carbonyl (C=O) groups excluding carboxylic acids is 3. The van der Waals surface area contributed by atoms with Crippen molar-refractivity contribution in [3.05, 3.63) is 34.9 Å². The predicted molar refractivity (Wildman–Crippen MR) is 101 cm³/mol. The molecule has 6 heteroatoms. The van der Waals surface area contributed by atoms with Crippen LogP contribution in [-0.4, -0.2) is 34.8 Å². The van der Waals surface area contributed by atoms with Crippen molar-refractivity contribution in [2.24, 2.45) is 5.92 Å². The van der Waals surface area contributed by atoms with Crippen molar-refractivity contribution < 1.29 is 14.4 Å². The lowest BCUT2D eigenvalue weighted by Crippen LogP contribution is -2.47. The molecule has 0 bridgehead atoms. The first-order valence-electron chi connectivity index (χ1n) is 9.93. The van der Waals surface area contributed by atoms with Gasteiger partial charge in [0.1, 0.15) is 12.1 Å². The normalized spacial score (nSPS) is 25.8. The number of amides is 4. The topological polar surface area (TPSA) is 78.5 Å². The average molecular weight is 369 g/mol. The molecule has 27 heavy (non-hydrogen) atoms. The number of rotatable bonds is 5. The van der Waals surface area contributed by atoms with Gasteiger partial charge in [-0.2, -0.15) is 0 Å². The SMILES string of the molecule is CC(NC(=O)CN1C(=O)NC(C)(C2CC2)C1=O)c1ccc2c(c1)CCCC2. The Morgan fingerprint density at radius 2 is 1.96 bits per heavy atom. The molecule has 2 atom stereocenters.